The number of aryl methyl sites for hydroxylation is 1. The van der Waals surface area contributed by atoms with Crippen LogP contribution in [-0.2, 0) is 17.8 Å². The Labute approximate surface area is 82.2 Å². The normalized spacial score (nSPS) is 14.1. The first kappa shape index (κ1) is 9.21. The lowest BCUT2D eigenvalue weighted by atomic mass is 10.2. The summed E-state index contributed by atoms with van der Waals surface area (Å²) < 4.78 is 1.89. The molecule has 2 heterocycles. The van der Waals surface area contributed by atoms with Gasteiger partial charge in [0.15, 0.2) is 0 Å². The van der Waals surface area contributed by atoms with Crippen LogP contribution in [-0.4, -0.2) is 34.9 Å². The number of nitrogens with zero attached hydrogens (tertiary/aromatic N) is 3. The van der Waals surface area contributed by atoms with Crippen molar-refractivity contribution in [2.24, 2.45) is 0 Å². The summed E-state index contributed by atoms with van der Waals surface area (Å²) in [5.74, 6) is -0.129. The summed E-state index contributed by atoms with van der Waals surface area (Å²) >= 11 is 0. The Kier molecular flexibility index (Phi) is 2.25. The number of carbonyl (C=O) groups is 1. The van der Waals surface area contributed by atoms with Crippen molar-refractivity contribution in [2.45, 2.75) is 19.4 Å². The number of hydrogen-bond acceptors (Lipinski definition) is 3. The van der Waals surface area contributed by atoms with E-state index in [1.807, 2.05) is 4.68 Å². The van der Waals surface area contributed by atoms with Gasteiger partial charge in [-0.25, -0.2) is 5.06 Å². The molecular weight excluding hydrogens is 182 g/mol. The van der Waals surface area contributed by atoms with Crippen LogP contribution >= 0.6 is 0 Å². The van der Waals surface area contributed by atoms with Gasteiger partial charge in [-0.3, -0.25) is 14.3 Å². The molecule has 0 bridgehead atoms. The molecule has 0 aromatic carbocycles. The van der Waals surface area contributed by atoms with Crippen molar-refractivity contribution >= 4 is 5.91 Å². The molecule has 0 saturated heterocycles. The molecule has 1 aromatic rings. The fourth-order valence-electron chi connectivity index (χ4n) is 1.69. The van der Waals surface area contributed by atoms with Crippen LogP contribution < -0.4 is 0 Å². The first-order valence-electron chi connectivity index (χ1n) is 4.61. The van der Waals surface area contributed by atoms with Gasteiger partial charge in [0.1, 0.15) is 0 Å². The number of hydroxylamine groups is 2. The van der Waals surface area contributed by atoms with Crippen molar-refractivity contribution in [1.29, 1.82) is 0 Å². The van der Waals surface area contributed by atoms with E-state index < -0.39 is 0 Å². The molecule has 1 aromatic heterocycles. The van der Waals surface area contributed by atoms with Gasteiger partial charge in [0.25, 0.3) is 5.91 Å². The van der Waals surface area contributed by atoms with Crippen LogP contribution in [0.3, 0.4) is 0 Å². The smallest absolute Gasteiger partial charge is 0.274 e. The topological polar surface area (TPSA) is 47.4 Å². The zero-order chi connectivity index (χ0) is 10.1. The molecule has 0 N–H and O–H groups in total. The maximum Gasteiger partial charge on any atom is 0.280 e. The van der Waals surface area contributed by atoms with Gasteiger partial charge in [0.05, 0.1) is 24.6 Å². The van der Waals surface area contributed by atoms with E-state index >= 15 is 0 Å². The van der Waals surface area contributed by atoms with Crippen molar-refractivity contribution < 1.29 is 9.63 Å². The van der Waals surface area contributed by atoms with Crippen LogP contribution in [0.25, 0.3) is 0 Å². The van der Waals surface area contributed by atoms with E-state index in [1.165, 1.54) is 12.2 Å². The molecule has 2 rings (SSSR count). The number of rotatable bonds is 2. The molecule has 0 aliphatic carbocycles. The van der Waals surface area contributed by atoms with Gasteiger partial charge in [-0.15, -0.1) is 0 Å². The molecule has 0 fully saturated rings. The largest absolute Gasteiger partial charge is 0.280 e. The van der Waals surface area contributed by atoms with Gasteiger partial charge in [0.2, 0.25) is 0 Å². The van der Waals surface area contributed by atoms with Crippen molar-refractivity contribution in [1.82, 2.24) is 14.8 Å². The number of aromatic nitrogens is 2. The second-order valence-corrected chi connectivity index (χ2v) is 3.32. The fraction of sp³-hybridized carbons (Fsp3) is 0.556. The fourth-order valence-corrected chi connectivity index (χ4v) is 1.69. The maximum absolute atomic E-state index is 11.7. The predicted octanol–water partition coefficient (Wildman–Crippen LogP) is 0.463. The highest BCUT2D eigenvalue weighted by molar-refractivity contribution is 5.94. The molecule has 5 heteroatoms. The van der Waals surface area contributed by atoms with E-state index in [4.69, 9.17) is 4.84 Å². The number of hydrogen-bond donors (Lipinski definition) is 0. The second-order valence-electron chi connectivity index (χ2n) is 3.32. The van der Waals surface area contributed by atoms with Crippen molar-refractivity contribution in [2.75, 3.05) is 14.2 Å². The average Bonchev–Trinajstić information content (AvgIpc) is 2.76. The van der Waals surface area contributed by atoms with Gasteiger partial charge in [0, 0.05) is 13.6 Å². The van der Waals surface area contributed by atoms with Crippen LogP contribution in [0.2, 0.25) is 0 Å². The molecule has 1 aliphatic rings. The molecule has 0 unspecified atom stereocenters. The van der Waals surface area contributed by atoms with Crippen LogP contribution in [0.4, 0.5) is 0 Å². The minimum Gasteiger partial charge on any atom is -0.274 e. The number of amides is 1. The Balaban J connectivity index is 2.28. The molecule has 14 heavy (non-hydrogen) atoms. The number of fused-ring (bicyclic) bond motifs is 1. The Morgan fingerprint density at radius 3 is 3.21 bits per heavy atom. The molecular formula is C9H13N3O2. The van der Waals surface area contributed by atoms with Gasteiger partial charge >= 0.3 is 0 Å². The lowest BCUT2D eigenvalue weighted by Crippen LogP contribution is -2.25. The van der Waals surface area contributed by atoms with Gasteiger partial charge in [-0.05, 0) is 12.8 Å². The average molecular weight is 195 g/mol. The SMILES string of the molecule is CON(C)C(=O)c1cnn2c1CCC2. The minimum absolute atomic E-state index is 0.129. The lowest BCUT2D eigenvalue weighted by molar-refractivity contribution is -0.0757. The minimum atomic E-state index is -0.129. The first-order valence-corrected chi connectivity index (χ1v) is 4.61. The summed E-state index contributed by atoms with van der Waals surface area (Å²) in [6, 6.07) is 0. The molecule has 76 valence electrons. The third-order valence-corrected chi connectivity index (χ3v) is 2.52. The molecule has 0 spiro atoms. The third-order valence-electron chi connectivity index (χ3n) is 2.52. The third kappa shape index (κ3) is 1.29. The lowest BCUT2D eigenvalue weighted by Gasteiger charge is -2.12. The van der Waals surface area contributed by atoms with Gasteiger partial charge in [-0.2, -0.15) is 5.10 Å². The standard InChI is InChI=1S/C9H13N3O2/c1-11(14-2)9(13)7-6-10-12-5-3-4-8(7)12/h6H,3-5H2,1-2H3. The van der Waals surface area contributed by atoms with Gasteiger partial charge in [-0.1, -0.05) is 0 Å². The van der Waals surface area contributed by atoms with Crippen LogP contribution in [0, 0.1) is 0 Å². The summed E-state index contributed by atoms with van der Waals surface area (Å²) in [6.07, 6.45) is 3.62. The molecule has 1 amide bonds. The monoisotopic (exact) mass is 195 g/mol. The summed E-state index contributed by atoms with van der Waals surface area (Å²) in [7, 11) is 3.07. The van der Waals surface area contributed by atoms with Crippen molar-refractivity contribution in [3.05, 3.63) is 17.5 Å². The van der Waals surface area contributed by atoms with Gasteiger partial charge < -0.3 is 0 Å². The molecule has 5 nitrogen and oxygen atoms in total. The zero-order valence-electron chi connectivity index (χ0n) is 8.36. The Morgan fingerprint density at radius 1 is 1.71 bits per heavy atom. The van der Waals surface area contributed by atoms with Crippen LogP contribution in [0.15, 0.2) is 6.20 Å². The Bertz CT molecular complexity index is 359. The Hall–Kier alpha value is -1.36. The van der Waals surface area contributed by atoms with E-state index in [-0.39, 0.29) is 5.91 Å². The summed E-state index contributed by atoms with van der Waals surface area (Å²) in [6.45, 7) is 0.916. The molecule has 0 saturated carbocycles. The summed E-state index contributed by atoms with van der Waals surface area (Å²) in [5.41, 5.74) is 1.69. The maximum atomic E-state index is 11.7. The van der Waals surface area contributed by atoms with Crippen molar-refractivity contribution in [3.8, 4) is 0 Å². The van der Waals surface area contributed by atoms with Crippen LogP contribution in [0.1, 0.15) is 22.5 Å². The zero-order valence-corrected chi connectivity index (χ0v) is 8.36. The van der Waals surface area contributed by atoms with E-state index in [9.17, 15) is 4.79 Å². The molecule has 1 aliphatic heterocycles. The van der Waals surface area contributed by atoms with Crippen LogP contribution in [0.5, 0.6) is 0 Å². The highest BCUT2D eigenvalue weighted by Gasteiger charge is 2.23. The molecule has 0 radical (unpaired) electrons. The quantitative estimate of drug-likeness (QED) is 0.644. The second kappa shape index (κ2) is 3.42. The first-order chi connectivity index (χ1) is 6.74. The highest BCUT2D eigenvalue weighted by Crippen LogP contribution is 2.19. The Morgan fingerprint density at radius 2 is 2.50 bits per heavy atom. The van der Waals surface area contributed by atoms with E-state index in [1.54, 1.807) is 13.2 Å². The summed E-state index contributed by atoms with van der Waals surface area (Å²) in [5, 5.41) is 5.37. The summed E-state index contributed by atoms with van der Waals surface area (Å²) in [4.78, 5) is 16.6. The van der Waals surface area contributed by atoms with E-state index in [0.29, 0.717) is 5.56 Å². The highest BCUT2D eigenvalue weighted by atomic mass is 16.7. The van der Waals surface area contributed by atoms with E-state index in [0.717, 1.165) is 25.1 Å². The number of carbonyl (C=O) groups excluding carboxylic acids is 1. The molecule has 0 atom stereocenters. The predicted molar refractivity (Wildman–Crippen MR) is 49.7 cm³/mol. The van der Waals surface area contributed by atoms with E-state index in [2.05, 4.69) is 5.10 Å². The van der Waals surface area contributed by atoms with Crippen molar-refractivity contribution in [3.63, 3.8) is 0 Å².